The van der Waals surface area contributed by atoms with Crippen molar-refractivity contribution in [2.24, 2.45) is 0 Å². The highest BCUT2D eigenvalue weighted by molar-refractivity contribution is 6.09. The van der Waals surface area contributed by atoms with Crippen LogP contribution in [0, 0.1) is 13.8 Å². The van der Waals surface area contributed by atoms with Gasteiger partial charge in [0, 0.05) is 55.9 Å². The highest BCUT2D eigenvalue weighted by Crippen LogP contribution is 2.39. The smallest absolute Gasteiger partial charge is 0.0465 e. The van der Waals surface area contributed by atoms with Crippen molar-refractivity contribution < 1.29 is 0 Å². The van der Waals surface area contributed by atoms with Crippen LogP contribution in [0.4, 0.5) is 34.1 Å². The Labute approximate surface area is 311 Å². The van der Waals surface area contributed by atoms with Gasteiger partial charge in [-0.1, -0.05) is 97.1 Å². The average molecular weight is 682 g/mol. The van der Waals surface area contributed by atoms with E-state index in [1.165, 1.54) is 44.2 Å². The first-order chi connectivity index (χ1) is 26.1. The summed E-state index contributed by atoms with van der Waals surface area (Å²) in [5.74, 6) is 0. The molecule has 9 aromatic rings. The molecule has 0 aliphatic rings. The molecule has 0 fully saturated rings. The molecular weight excluding hydrogens is 643 g/mol. The molecule has 0 amide bonds. The van der Waals surface area contributed by atoms with Crippen molar-refractivity contribution in [3.05, 3.63) is 205 Å². The number of H-pyrrole nitrogens is 1. The quantitative estimate of drug-likeness (QED) is 0.172. The second-order valence-electron chi connectivity index (χ2n) is 13.8. The lowest BCUT2D eigenvalue weighted by molar-refractivity contribution is 1.27. The Balaban J connectivity index is 1.04. The molecule has 0 atom stereocenters. The van der Waals surface area contributed by atoms with Crippen LogP contribution in [0.2, 0.25) is 0 Å². The van der Waals surface area contributed by atoms with Gasteiger partial charge < -0.3 is 14.8 Å². The molecule has 254 valence electrons. The minimum atomic E-state index is 1.13. The number of aryl methyl sites for hydroxylation is 2. The Bertz CT molecular complexity index is 2490. The van der Waals surface area contributed by atoms with E-state index >= 15 is 0 Å². The van der Waals surface area contributed by atoms with Gasteiger partial charge in [-0.2, -0.15) is 0 Å². The van der Waals surface area contributed by atoms with Crippen LogP contribution in [0.3, 0.4) is 0 Å². The van der Waals surface area contributed by atoms with Gasteiger partial charge >= 0.3 is 0 Å². The van der Waals surface area contributed by atoms with E-state index in [9.17, 15) is 0 Å². The maximum atomic E-state index is 3.65. The van der Waals surface area contributed by atoms with Crippen LogP contribution >= 0.6 is 0 Å². The molecule has 0 aliphatic carbocycles. The third-order valence-electron chi connectivity index (χ3n) is 10.1. The number of para-hydroxylation sites is 2. The summed E-state index contributed by atoms with van der Waals surface area (Å²) in [6.45, 7) is 4.28. The monoisotopic (exact) mass is 681 g/mol. The third kappa shape index (κ3) is 6.34. The SMILES string of the molecule is Cc1cccc(N(c2ccccc2)c2ccc(-c3ccc4[nH]c5ccc(-c6ccc(N(c7ccccc7)c7cccc(C)c7)cc6)cc5c4c3)cc2)c1. The van der Waals surface area contributed by atoms with E-state index in [1.54, 1.807) is 0 Å². The van der Waals surface area contributed by atoms with Crippen LogP contribution in [0.1, 0.15) is 11.1 Å². The molecule has 8 aromatic carbocycles. The largest absolute Gasteiger partial charge is 0.355 e. The van der Waals surface area contributed by atoms with E-state index in [4.69, 9.17) is 0 Å². The molecule has 3 heteroatoms. The number of hydrogen-bond acceptors (Lipinski definition) is 2. The Kier molecular flexibility index (Phi) is 8.30. The maximum Gasteiger partial charge on any atom is 0.0465 e. The van der Waals surface area contributed by atoms with Crippen LogP contribution in [0.5, 0.6) is 0 Å². The Morgan fingerprint density at radius 1 is 0.302 bits per heavy atom. The summed E-state index contributed by atoms with van der Waals surface area (Å²) in [4.78, 5) is 8.28. The van der Waals surface area contributed by atoms with Crippen molar-refractivity contribution in [3.8, 4) is 22.3 Å². The Hall–Kier alpha value is -6.84. The van der Waals surface area contributed by atoms with Crippen molar-refractivity contribution in [3.63, 3.8) is 0 Å². The minimum absolute atomic E-state index is 1.13. The highest BCUT2D eigenvalue weighted by Gasteiger charge is 2.15. The molecule has 0 aliphatic heterocycles. The van der Waals surface area contributed by atoms with Crippen molar-refractivity contribution in [2.75, 3.05) is 9.80 Å². The summed E-state index contributed by atoms with van der Waals surface area (Å²) in [5.41, 5.74) is 16.3. The van der Waals surface area contributed by atoms with Gasteiger partial charge in [0.05, 0.1) is 0 Å². The molecule has 0 unspecified atom stereocenters. The van der Waals surface area contributed by atoms with Crippen LogP contribution in [0.15, 0.2) is 194 Å². The number of rotatable bonds is 8. The number of nitrogens with zero attached hydrogens (tertiary/aromatic N) is 2. The average Bonchev–Trinajstić information content (AvgIpc) is 3.57. The van der Waals surface area contributed by atoms with Crippen molar-refractivity contribution in [2.45, 2.75) is 13.8 Å². The number of nitrogens with one attached hydrogen (secondary N) is 1. The molecule has 0 radical (unpaired) electrons. The standard InChI is InChI=1S/C50H39N3/c1-35-11-9-17-45(31-35)52(41-13-5-3-6-14-41)43-25-19-37(20-26-43)39-23-29-49-47(33-39)48-34-40(24-30-50(48)51-49)38-21-27-44(28-22-38)53(42-15-7-4-8-16-42)46-18-10-12-36(2)32-46/h3-34,51H,1-2H3. The van der Waals surface area contributed by atoms with Gasteiger partial charge in [-0.15, -0.1) is 0 Å². The van der Waals surface area contributed by atoms with Crippen LogP contribution < -0.4 is 9.80 Å². The summed E-state index contributed by atoms with van der Waals surface area (Å²) in [7, 11) is 0. The number of anilines is 6. The number of fused-ring (bicyclic) bond motifs is 3. The van der Waals surface area contributed by atoms with Crippen molar-refractivity contribution in [1.82, 2.24) is 4.98 Å². The molecule has 1 heterocycles. The number of benzene rings is 8. The van der Waals surface area contributed by atoms with Crippen molar-refractivity contribution >= 4 is 55.9 Å². The number of aromatic nitrogens is 1. The topological polar surface area (TPSA) is 22.3 Å². The molecule has 3 nitrogen and oxygen atoms in total. The van der Waals surface area contributed by atoms with Crippen molar-refractivity contribution in [1.29, 1.82) is 0 Å². The van der Waals surface area contributed by atoms with Gasteiger partial charge in [-0.25, -0.2) is 0 Å². The van der Waals surface area contributed by atoms with Gasteiger partial charge in [-0.3, -0.25) is 0 Å². The second-order valence-corrected chi connectivity index (χ2v) is 13.8. The summed E-state index contributed by atoms with van der Waals surface area (Å²) in [6, 6.07) is 69.8. The second kappa shape index (κ2) is 13.7. The molecule has 1 N–H and O–H groups in total. The predicted molar refractivity (Wildman–Crippen MR) is 226 cm³/mol. The normalized spacial score (nSPS) is 11.2. The zero-order valence-corrected chi connectivity index (χ0v) is 29.9. The van der Waals surface area contributed by atoms with Gasteiger partial charge in [0.15, 0.2) is 0 Å². The zero-order chi connectivity index (χ0) is 35.7. The fourth-order valence-electron chi connectivity index (χ4n) is 7.44. The fraction of sp³-hybridized carbons (Fsp3) is 0.0400. The lowest BCUT2D eigenvalue weighted by Gasteiger charge is -2.26. The highest BCUT2D eigenvalue weighted by atomic mass is 15.1. The molecule has 9 rings (SSSR count). The first-order valence-corrected chi connectivity index (χ1v) is 18.2. The fourth-order valence-corrected chi connectivity index (χ4v) is 7.44. The maximum absolute atomic E-state index is 3.65. The molecule has 1 aromatic heterocycles. The first-order valence-electron chi connectivity index (χ1n) is 18.2. The van der Waals surface area contributed by atoms with E-state index in [1.807, 2.05) is 0 Å². The van der Waals surface area contributed by atoms with E-state index in [-0.39, 0.29) is 0 Å². The summed E-state index contributed by atoms with van der Waals surface area (Å²) < 4.78 is 0. The summed E-state index contributed by atoms with van der Waals surface area (Å²) in [6.07, 6.45) is 0. The van der Waals surface area contributed by atoms with Gasteiger partial charge in [0.25, 0.3) is 0 Å². The van der Waals surface area contributed by atoms with E-state index in [0.717, 1.165) is 45.2 Å². The third-order valence-corrected chi connectivity index (χ3v) is 10.1. The Morgan fingerprint density at radius 3 is 1.06 bits per heavy atom. The van der Waals surface area contributed by atoms with Crippen LogP contribution in [-0.4, -0.2) is 4.98 Å². The van der Waals surface area contributed by atoms with Gasteiger partial charge in [0.1, 0.15) is 0 Å². The zero-order valence-electron chi connectivity index (χ0n) is 29.9. The lowest BCUT2D eigenvalue weighted by Crippen LogP contribution is -2.09. The molecule has 0 spiro atoms. The van der Waals surface area contributed by atoms with Gasteiger partial charge in [0.2, 0.25) is 0 Å². The van der Waals surface area contributed by atoms with E-state index < -0.39 is 0 Å². The van der Waals surface area contributed by atoms with Gasteiger partial charge in [-0.05, 0) is 144 Å². The predicted octanol–water partition coefficient (Wildman–Crippen LogP) is 14.2. The molecule has 0 bridgehead atoms. The molecular formula is C50H39N3. The van der Waals surface area contributed by atoms with Crippen LogP contribution in [-0.2, 0) is 0 Å². The van der Waals surface area contributed by atoms with E-state index in [0.29, 0.717) is 0 Å². The summed E-state index contributed by atoms with van der Waals surface area (Å²) >= 11 is 0. The number of aromatic amines is 1. The van der Waals surface area contributed by atoms with Crippen LogP contribution in [0.25, 0.3) is 44.1 Å². The molecule has 0 saturated carbocycles. The molecule has 0 saturated heterocycles. The minimum Gasteiger partial charge on any atom is -0.355 e. The Morgan fingerprint density at radius 2 is 0.660 bits per heavy atom. The molecule has 53 heavy (non-hydrogen) atoms. The summed E-state index contributed by atoms with van der Waals surface area (Å²) in [5, 5.41) is 2.45. The number of hydrogen-bond donors (Lipinski definition) is 1. The lowest BCUT2D eigenvalue weighted by atomic mass is 9.99. The first kappa shape index (κ1) is 32.1. The van der Waals surface area contributed by atoms with E-state index in [2.05, 4.69) is 223 Å².